The fourth-order valence-corrected chi connectivity index (χ4v) is 1.19. The van der Waals surface area contributed by atoms with E-state index in [-0.39, 0.29) is 0 Å². The van der Waals surface area contributed by atoms with E-state index in [1.807, 2.05) is 12.1 Å². The van der Waals surface area contributed by atoms with Crippen LogP contribution in [0.3, 0.4) is 0 Å². The van der Waals surface area contributed by atoms with Gasteiger partial charge in [0, 0.05) is 6.42 Å². The molecule has 1 aromatic heterocycles. The van der Waals surface area contributed by atoms with E-state index in [2.05, 4.69) is 6.92 Å². The molecule has 2 nitrogen and oxygen atoms in total. The van der Waals surface area contributed by atoms with E-state index in [0.717, 1.165) is 18.6 Å². The summed E-state index contributed by atoms with van der Waals surface area (Å²) in [6.07, 6.45) is 3.27. The summed E-state index contributed by atoms with van der Waals surface area (Å²) >= 11 is 0. The summed E-state index contributed by atoms with van der Waals surface area (Å²) in [5, 5.41) is 9.63. The van der Waals surface area contributed by atoms with E-state index in [1.165, 1.54) is 6.42 Å². The molecule has 0 spiro atoms. The van der Waals surface area contributed by atoms with Crippen molar-refractivity contribution in [3.63, 3.8) is 0 Å². The summed E-state index contributed by atoms with van der Waals surface area (Å²) in [5.74, 6) is 1.62. The van der Waals surface area contributed by atoms with Gasteiger partial charge in [-0.25, -0.2) is 0 Å². The molecule has 1 rings (SSSR count). The van der Waals surface area contributed by atoms with Crippen LogP contribution in [0.2, 0.25) is 0 Å². The van der Waals surface area contributed by atoms with Gasteiger partial charge in [0.05, 0.1) is 0 Å². The molecule has 0 aliphatic heterocycles. The molecule has 1 N–H and O–H groups in total. The van der Waals surface area contributed by atoms with Crippen LogP contribution in [0, 0.1) is 0 Å². The second-order valence-electron chi connectivity index (χ2n) is 3.93. The van der Waals surface area contributed by atoms with E-state index < -0.39 is 5.60 Å². The molecule has 0 fully saturated rings. The van der Waals surface area contributed by atoms with Crippen molar-refractivity contribution in [2.24, 2.45) is 0 Å². The molecule has 0 saturated heterocycles. The standard InChI is InChI=1S/C11H18O2/c1-4-5-6-9-7-8-10(13-9)11(2,3)12/h7-8,12H,4-6H2,1-3H3. The highest BCUT2D eigenvalue weighted by Gasteiger charge is 2.19. The van der Waals surface area contributed by atoms with Gasteiger partial charge in [0.25, 0.3) is 0 Å². The topological polar surface area (TPSA) is 33.4 Å². The van der Waals surface area contributed by atoms with Crippen molar-refractivity contribution in [2.45, 2.75) is 45.6 Å². The Morgan fingerprint density at radius 2 is 2.08 bits per heavy atom. The average molecular weight is 182 g/mol. The number of hydrogen-bond donors (Lipinski definition) is 1. The van der Waals surface area contributed by atoms with E-state index >= 15 is 0 Å². The Hall–Kier alpha value is -0.760. The maximum atomic E-state index is 9.63. The SMILES string of the molecule is CCCCc1ccc(C(C)(C)O)o1. The first kappa shape index (κ1) is 10.3. The summed E-state index contributed by atoms with van der Waals surface area (Å²) in [7, 11) is 0. The Morgan fingerprint density at radius 1 is 1.38 bits per heavy atom. The van der Waals surface area contributed by atoms with Gasteiger partial charge in [-0.05, 0) is 32.4 Å². The van der Waals surface area contributed by atoms with Crippen LogP contribution in [-0.4, -0.2) is 5.11 Å². The number of rotatable bonds is 4. The molecule has 1 aromatic rings. The highest BCUT2D eigenvalue weighted by atomic mass is 16.4. The predicted octanol–water partition coefficient (Wildman–Crippen LogP) is 2.85. The van der Waals surface area contributed by atoms with Gasteiger partial charge in [0.1, 0.15) is 17.1 Å². The zero-order valence-corrected chi connectivity index (χ0v) is 8.63. The molecule has 0 unspecified atom stereocenters. The summed E-state index contributed by atoms with van der Waals surface area (Å²) in [6.45, 7) is 5.62. The first-order valence-corrected chi connectivity index (χ1v) is 4.85. The van der Waals surface area contributed by atoms with Crippen LogP contribution in [0.25, 0.3) is 0 Å². The molecule has 1 heterocycles. The number of furan rings is 1. The Morgan fingerprint density at radius 3 is 2.54 bits per heavy atom. The van der Waals surface area contributed by atoms with Gasteiger partial charge in [-0.2, -0.15) is 0 Å². The molecule has 0 saturated carbocycles. The van der Waals surface area contributed by atoms with Crippen molar-refractivity contribution in [3.8, 4) is 0 Å². The second kappa shape index (κ2) is 3.97. The quantitative estimate of drug-likeness (QED) is 0.776. The Labute approximate surface area is 79.6 Å². The van der Waals surface area contributed by atoms with Crippen molar-refractivity contribution in [1.29, 1.82) is 0 Å². The van der Waals surface area contributed by atoms with Crippen LogP contribution in [0.15, 0.2) is 16.5 Å². The number of unbranched alkanes of at least 4 members (excludes halogenated alkanes) is 1. The van der Waals surface area contributed by atoms with Gasteiger partial charge < -0.3 is 9.52 Å². The Balaban J connectivity index is 2.64. The van der Waals surface area contributed by atoms with Gasteiger partial charge in [0.2, 0.25) is 0 Å². The minimum atomic E-state index is -0.857. The molecular weight excluding hydrogens is 164 g/mol. The van der Waals surface area contributed by atoms with Gasteiger partial charge in [-0.1, -0.05) is 13.3 Å². The van der Waals surface area contributed by atoms with E-state index in [4.69, 9.17) is 4.42 Å². The maximum absolute atomic E-state index is 9.63. The van der Waals surface area contributed by atoms with E-state index in [0.29, 0.717) is 5.76 Å². The zero-order valence-electron chi connectivity index (χ0n) is 8.63. The average Bonchev–Trinajstić information content (AvgIpc) is 2.47. The Kier molecular flexibility index (Phi) is 3.15. The lowest BCUT2D eigenvalue weighted by Crippen LogP contribution is -2.13. The molecule has 0 bridgehead atoms. The van der Waals surface area contributed by atoms with Crippen molar-refractivity contribution in [1.82, 2.24) is 0 Å². The highest BCUT2D eigenvalue weighted by molar-refractivity contribution is 5.12. The molecule has 0 aliphatic carbocycles. The fourth-order valence-electron chi connectivity index (χ4n) is 1.19. The normalized spacial score (nSPS) is 12.0. The van der Waals surface area contributed by atoms with E-state index in [1.54, 1.807) is 13.8 Å². The summed E-state index contributed by atoms with van der Waals surface area (Å²) in [5.41, 5.74) is -0.857. The van der Waals surface area contributed by atoms with Crippen LogP contribution in [0.1, 0.15) is 45.1 Å². The molecule has 0 radical (unpaired) electrons. The van der Waals surface area contributed by atoms with Gasteiger partial charge >= 0.3 is 0 Å². The lowest BCUT2D eigenvalue weighted by molar-refractivity contribution is 0.0528. The third-order valence-corrected chi connectivity index (χ3v) is 2.04. The summed E-state index contributed by atoms with van der Waals surface area (Å²) < 4.78 is 5.50. The van der Waals surface area contributed by atoms with E-state index in [9.17, 15) is 5.11 Å². The van der Waals surface area contributed by atoms with Gasteiger partial charge in [0.15, 0.2) is 0 Å². The first-order chi connectivity index (χ1) is 6.04. The van der Waals surface area contributed by atoms with Crippen molar-refractivity contribution in [2.75, 3.05) is 0 Å². The largest absolute Gasteiger partial charge is 0.463 e. The van der Waals surface area contributed by atoms with Crippen molar-refractivity contribution < 1.29 is 9.52 Å². The van der Waals surface area contributed by atoms with Crippen LogP contribution in [-0.2, 0) is 12.0 Å². The lowest BCUT2D eigenvalue weighted by atomic mass is 10.1. The molecular formula is C11H18O2. The fraction of sp³-hybridized carbons (Fsp3) is 0.636. The number of aryl methyl sites for hydroxylation is 1. The van der Waals surface area contributed by atoms with Gasteiger partial charge in [-0.3, -0.25) is 0 Å². The first-order valence-electron chi connectivity index (χ1n) is 4.85. The molecule has 0 aliphatic rings. The zero-order chi connectivity index (χ0) is 9.90. The smallest absolute Gasteiger partial charge is 0.135 e. The molecule has 0 aromatic carbocycles. The predicted molar refractivity (Wildman–Crippen MR) is 52.6 cm³/mol. The Bertz CT molecular complexity index is 255. The summed E-state index contributed by atoms with van der Waals surface area (Å²) in [4.78, 5) is 0. The van der Waals surface area contributed by atoms with Crippen molar-refractivity contribution >= 4 is 0 Å². The lowest BCUT2D eigenvalue weighted by Gasteiger charge is -2.12. The molecule has 74 valence electrons. The van der Waals surface area contributed by atoms with Crippen LogP contribution in [0.5, 0.6) is 0 Å². The molecule has 13 heavy (non-hydrogen) atoms. The third-order valence-electron chi connectivity index (χ3n) is 2.04. The van der Waals surface area contributed by atoms with Crippen LogP contribution < -0.4 is 0 Å². The minimum absolute atomic E-state index is 0.651. The monoisotopic (exact) mass is 182 g/mol. The molecule has 0 amide bonds. The molecule has 2 heteroatoms. The third kappa shape index (κ3) is 2.88. The number of hydrogen-bond acceptors (Lipinski definition) is 2. The second-order valence-corrected chi connectivity index (χ2v) is 3.93. The van der Waals surface area contributed by atoms with Crippen molar-refractivity contribution in [3.05, 3.63) is 23.7 Å². The molecule has 0 atom stereocenters. The minimum Gasteiger partial charge on any atom is -0.463 e. The highest BCUT2D eigenvalue weighted by Crippen LogP contribution is 2.22. The number of aliphatic hydroxyl groups is 1. The van der Waals surface area contributed by atoms with Gasteiger partial charge in [-0.15, -0.1) is 0 Å². The summed E-state index contributed by atoms with van der Waals surface area (Å²) in [6, 6.07) is 3.80. The van der Waals surface area contributed by atoms with Crippen LogP contribution in [0.4, 0.5) is 0 Å². The van der Waals surface area contributed by atoms with Crippen LogP contribution >= 0.6 is 0 Å². The maximum Gasteiger partial charge on any atom is 0.135 e.